The Morgan fingerprint density at radius 1 is 0.844 bits per heavy atom. The smallest absolute Gasteiger partial charge is 0.340 e. The third-order valence-electron chi connectivity index (χ3n) is 4.51. The molecule has 0 saturated carbocycles. The zero-order chi connectivity index (χ0) is 23.1. The van der Waals surface area contributed by atoms with E-state index in [0.29, 0.717) is 16.8 Å². The van der Waals surface area contributed by atoms with E-state index >= 15 is 0 Å². The van der Waals surface area contributed by atoms with Crippen molar-refractivity contribution in [2.75, 3.05) is 12.4 Å². The summed E-state index contributed by atoms with van der Waals surface area (Å²) in [4.78, 5) is 25.5. The fraction of sp³-hybridized carbons (Fsp3) is 0.185. The summed E-state index contributed by atoms with van der Waals surface area (Å²) in [7, 11) is 1.62. The molecule has 0 aliphatic heterocycles. The van der Waals surface area contributed by atoms with Gasteiger partial charge in [0.25, 0.3) is 5.91 Å². The average Bonchev–Trinajstić information content (AvgIpc) is 2.77. The van der Waals surface area contributed by atoms with Crippen molar-refractivity contribution >= 4 is 29.7 Å². The molecule has 0 bridgehead atoms. The normalized spacial score (nSPS) is 11.2. The van der Waals surface area contributed by atoms with Gasteiger partial charge in [0, 0.05) is 5.56 Å². The molecule has 164 valence electrons. The highest BCUT2D eigenvalue weighted by molar-refractivity contribution is 6.08. The number of ether oxygens (including phenoxy) is 2. The number of benzene rings is 3. The molecule has 0 heterocycles. The lowest BCUT2D eigenvalue weighted by molar-refractivity contribution is 0.00708. The van der Waals surface area contributed by atoms with Crippen LogP contribution in [0, 0.1) is 0 Å². The number of rotatable bonds is 6. The monoisotopic (exact) mass is 429 g/mol. The van der Waals surface area contributed by atoms with Gasteiger partial charge in [0.1, 0.15) is 11.4 Å². The molecule has 0 aliphatic rings. The van der Waals surface area contributed by atoms with Crippen LogP contribution in [0.15, 0.2) is 72.8 Å². The highest BCUT2D eigenvalue weighted by atomic mass is 16.6. The van der Waals surface area contributed by atoms with Gasteiger partial charge < -0.3 is 14.8 Å². The van der Waals surface area contributed by atoms with Gasteiger partial charge in [-0.15, -0.1) is 0 Å². The average molecular weight is 430 g/mol. The van der Waals surface area contributed by atoms with Crippen LogP contribution >= 0.6 is 0 Å². The zero-order valence-electron chi connectivity index (χ0n) is 18.7. The van der Waals surface area contributed by atoms with Crippen molar-refractivity contribution in [3.8, 4) is 5.75 Å². The number of anilines is 1. The van der Waals surface area contributed by atoms with Gasteiger partial charge in [-0.2, -0.15) is 0 Å². The Hall–Kier alpha value is -3.86. The molecule has 1 amide bonds. The van der Waals surface area contributed by atoms with Crippen molar-refractivity contribution in [1.29, 1.82) is 0 Å². The quantitative estimate of drug-likeness (QED) is 0.381. The van der Waals surface area contributed by atoms with Crippen LogP contribution in [0.2, 0.25) is 0 Å². The van der Waals surface area contributed by atoms with E-state index in [1.807, 2.05) is 48.6 Å². The van der Waals surface area contributed by atoms with Crippen molar-refractivity contribution in [3.05, 3.63) is 95.1 Å². The lowest BCUT2D eigenvalue weighted by Gasteiger charge is -2.21. The number of esters is 1. The Morgan fingerprint density at radius 2 is 1.53 bits per heavy atom. The topological polar surface area (TPSA) is 64.6 Å². The van der Waals surface area contributed by atoms with Crippen LogP contribution in [0.5, 0.6) is 5.75 Å². The molecule has 1 N–H and O–H groups in total. The Kier molecular flexibility index (Phi) is 7.11. The van der Waals surface area contributed by atoms with Crippen molar-refractivity contribution in [2.24, 2.45) is 0 Å². The molecule has 0 fully saturated rings. The van der Waals surface area contributed by atoms with Gasteiger partial charge in [-0.3, -0.25) is 4.79 Å². The third kappa shape index (κ3) is 6.32. The van der Waals surface area contributed by atoms with Gasteiger partial charge in [0.2, 0.25) is 0 Å². The molecule has 0 unspecified atom stereocenters. The molecular weight excluding hydrogens is 402 g/mol. The van der Waals surface area contributed by atoms with Crippen molar-refractivity contribution in [3.63, 3.8) is 0 Å². The fourth-order valence-electron chi connectivity index (χ4n) is 3.00. The molecule has 3 aromatic rings. The molecule has 0 atom stereocenters. The number of hydrogen-bond acceptors (Lipinski definition) is 4. The number of carbonyl (C=O) groups is 2. The van der Waals surface area contributed by atoms with Gasteiger partial charge in [0.05, 0.1) is 18.4 Å². The highest BCUT2D eigenvalue weighted by Gasteiger charge is 2.21. The predicted octanol–water partition coefficient (Wildman–Crippen LogP) is 6.07. The van der Waals surface area contributed by atoms with E-state index in [4.69, 9.17) is 9.47 Å². The SMILES string of the molecule is COc1cccc(/C=C/c2ccc(C(=O)OC(C)(C)C)c(NC(=O)c3ccccc3)c2)c1. The Balaban J connectivity index is 1.93. The first-order chi connectivity index (χ1) is 15.2. The summed E-state index contributed by atoms with van der Waals surface area (Å²) in [6, 6.07) is 21.8. The van der Waals surface area contributed by atoms with E-state index in [1.54, 1.807) is 64.3 Å². The molecular formula is C27H27NO4. The number of amides is 1. The predicted molar refractivity (Wildman–Crippen MR) is 128 cm³/mol. The molecule has 0 aromatic heterocycles. The molecule has 0 radical (unpaired) electrons. The third-order valence-corrected chi connectivity index (χ3v) is 4.51. The maximum Gasteiger partial charge on any atom is 0.340 e. The van der Waals surface area contributed by atoms with Gasteiger partial charge >= 0.3 is 5.97 Å². The van der Waals surface area contributed by atoms with Crippen LogP contribution in [-0.4, -0.2) is 24.6 Å². The van der Waals surface area contributed by atoms with E-state index in [9.17, 15) is 9.59 Å². The van der Waals surface area contributed by atoms with Crippen molar-refractivity contribution in [1.82, 2.24) is 0 Å². The van der Waals surface area contributed by atoms with Crippen LogP contribution in [0.1, 0.15) is 52.6 Å². The highest BCUT2D eigenvalue weighted by Crippen LogP contribution is 2.24. The zero-order valence-corrected chi connectivity index (χ0v) is 18.7. The second kappa shape index (κ2) is 9.96. The maximum absolute atomic E-state index is 12.8. The van der Waals surface area contributed by atoms with E-state index in [-0.39, 0.29) is 5.91 Å². The minimum Gasteiger partial charge on any atom is -0.497 e. The maximum atomic E-state index is 12.8. The number of nitrogens with one attached hydrogen (secondary N) is 1. The first-order valence-corrected chi connectivity index (χ1v) is 10.3. The first kappa shape index (κ1) is 22.8. The van der Waals surface area contributed by atoms with Gasteiger partial charge in [-0.1, -0.05) is 48.6 Å². The Labute approximate surface area is 188 Å². The number of hydrogen-bond donors (Lipinski definition) is 1. The minimum absolute atomic E-state index is 0.294. The summed E-state index contributed by atoms with van der Waals surface area (Å²) >= 11 is 0. The second-order valence-corrected chi connectivity index (χ2v) is 8.24. The van der Waals surface area contributed by atoms with E-state index in [2.05, 4.69) is 5.32 Å². The minimum atomic E-state index is -0.650. The first-order valence-electron chi connectivity index (χ1n) is 10.3. The molecule has 5 nitrogen and oxygen atoms in total. The lowest BCUT2D eigenvalue weighted by atomic mass is 10.1. The van der Waals surface area contributed by atoms with Crippen LogP contribution in [0.25, 0.3) is 12.2 Å². The second-order valence-electron chi connectivity index (χ2n) is 8.24. The summed E-state index contributed by atoms with van der Waals surface area (Å²) in [6.07, 6.45) is 3.85. The number of carbonyl (C=O) groups excluding carboxylic acids is 2. The Bertz CT molecular complexity index is 1130. The van der Waals surface area contributed by atoms with Crippen LogP contribution in [0.4, 0.5) is 5.69 Å². The van der Waals surface area contributed by atoms with E-state index in [0.717, 1.165) is 16.9 Å². The largest absolute Gasteiger partial charge is 0.497 e. The fourth-order valence-corrected chi connectivity index (χ4v) is 3.00. The lowest BCUT2D eigenvalue weighted by Crippen LogP contribution is -2.25. The van der Waals surface area contributed by atoms with Gasteiger partial charge in [-0.25, -0.2) is 4.79 Å². The van der Waals surface area contributed by atoms with E-state index in [1.165, 1.54) is 0 Å². The van der Waals surface area contributed by atoms with Crippen molar-refractivity contribution < 1.29 is 19.1 Å². The summed E-state index contributed by atoms with van der Waals surface area (Å²) in [5, 5.41) is 2.86. The Morgan fingerprint density at radius 3 is 2.19 bits per heavy atom. The molecule has 3 aromatic carbocycles. The number of methoxy groups -OCH3 is 1. The van der Waals surface area contributed by atoms with Crippen LogP contribution in [0.3, 0.4) is 0 Å². The van der Waals surface area contributed by atoms with Gasteiger partial charge in [-0.05, 0) is 68.3 Å². The summed E-state index contributed by atoms with van der Waals surface area (Å²) in [5.74, 6) is -0.0308. The summed E-state index contributed by atoms with van der Waals surface area (Å²) < 4.78 is 10.8. The van der Waals surface area contributed by atoms with Crippen LogP contribution < -0.4 is 10.1 Å². The molecule has 0 saturated heterocycles. The van der Waals surface area contributed by atoms with Gasteiger partial charge in [0.15, 0.2) is 0 Å². The summed E-state index contributed by atoms with van der Waals surface area (Å²) in [6.45, 7) is 5.41. The van der Waals surface area contributed by atoms with Crippen LogP contribution in [-0.2, 0) is 4.74 Å². The van der Waals surface area contributed by atoms with Crippen molar-refractivity contribution in [2.45, 2.75) is 26.4 Å². The molecule has 0 spiro atoms. The molecule has 3 rings (SSSR count). The standard InChI is InChI=1S/C27H27NO4/c1-27(2,3)32-26(30)23-16-15-20(14-13-19-9-8-12-22(17-19)31-4)18-24(23)28-25(29)21-10-6-5-7-11-21/h5-18H,1-4H3,(H,28,29)/b14-13+. The molecule has 32 heavy (non-hydrogen) atoms. The molecule has 0 aliphatic carbocycles. The summed E-state index contributed by atoms with van der Waals surface area (Å²) in [5.41, 5.74) is 2.32. The molecule has 5 heteroatoms. The van der Waals surface area contributed by atoms with E-state index < -0.39 is 11.6 Å².